The highest BCUT2D eigenvalue weighted by molar-refractivity contribution is 6.33. The summed E-state index contributed by atoms with van der Waals surface area (Å²) >= 11 is 5.86. The van der Waals surface area contributed by atoms with Gasteiger partial charge in [-0.3, -0.25) is 4.39 Å². The number of anilines is 1. The summed E-state index contributed by atoms with van der Waals surface area (Å²) in [6.45, 7) is 0.637. The number of nitrogens with zero attached hydrogens (tertiary/aromatic N) is 2. The highest BCUT2D eigenvalue weighted by atomic mass is 35.5. The Morgan fingerprint density at radius 1 is 1.42 bits per heavy atom. The highest BCUT2D eigenvalue weighted by Gasteiger charge is 2.32. The van der Waals surface area contributed by atoms with Gasteiger partial charge in [-0.15, -0.1) is 0 Å². The Labute approximate surface area is 113 Å². The van der Waals surface area contributed by atoms with E-state index in [1.165, 1.54) is 0 Å². The number of hydrogen-bond donors (Lipinski definition) is 0. The zero-order valence-corrected chi connectivity index (χ0v) is 10.8. The Morgan fingerprint density at radius 2 is 2.16 bits per heavy atom. The molecule has 2 nitrogen and oxygen atoms in total. The zero-order valence-electron chi connectivity index (χ0n) is 10.1. The zero-order chi connectivity index (χ0) is 14.0. The van der Waals surface area contributed by atoms with E-state index in [0.717, 1.165) is 25.1 Å². The van der Waals surface area contributed by atoms with Crippen LogP contribution in [0.1, 0.15) is 18.4 Å². The van der Waals surface area contributed by atoms with Gasteiger partial charge in [0, 0.05) is 25.2 Å². The van der Waals surface area contributed by atoms with Crippen LogP contribution < -0.4 is 4.90 Å². The first-order valence-corrected chi connectivity index (χ1v) is 6.33. The van der Waals surface area contributed by atoms with Crippen molar-refractivity contribution in [1.82, 2.24) is 4.98 Å². The Balaban J connectivity index is 2.21. The van der Waals surface area contributed by atoms with Crippen molar-refractivity contribution in [3.8, 4) is 0 Å². The third kappa shape index (κ3) is 3.29. The van der Waals surface area contributed by atoms with Gasteiger partial charge in [-0.1, -0.05) is 11.6 Å². The monoisotopic (exact) mass is 296 g/mol. The number of hydrogen-bond acceptors (Lipinski definition) is 2. The summed E-state index contributed by atoms with van der Waals surface area (Å²) < 4.78 is 50.1. The van der Waals surface area contributed by atoms with Crippen LogP contribution in [0.4, 0.5) is 23.4 Å². The summed E-state index contributed by atoms with van der Waals surface area (Å²) in [5, 5.41) is -0.0469. The molecule has 1 aromatic rings. The maximum Gasteiger partial charge on any atom is 0.417 e. The number of halogens is 5. The summed E-state index contributed by atoms with van der Waals surface area (Å²) in [6, 6.07) is 0.864. The molecule has 1 saturated heterocycles. The van der Waals surface area contributed by atoms with Gasteiger partial charge >= 0.3 is 6.18 Å². The normalized spacial score (nSPS) is 20.7. The summed E-state index contributed by atoms with van der Waals surface area (Å²) in [4.78, 5) is 5.53. The highest BCUT2D eigenvalue weighted by Crippen LogP contribution is 2.34. The molecule has 0 aromatic carbocycles. The van der Waals surface area contributed by atoms with E-state index in [9.17, 15) is 17.6 Å². The Hall–Kier alpha value is -1.04. The first kappa shape index (κ1) is 14.4. The van der Waals surface area contributed by atoms with E-state index >= 15 is 0 Å². The Bertz CT molecular complexity index is 450. The fourth-order valence-electron chi connectivity index (χ4n) is 2.20. The number of pyridine rings is 1. The molecule has 0 saturated carbocycles. The van der Waals surface area contributed by atoms with E-state index in [0.29, 0.717) is 18.9 Å². The molecular weight excluding hydrogens is 284 g/mol. The molecule has 2 rings (SSSR count). The lowest BCUT2D eigenvalue weighted by Crippen LogP contribution is -2.37. The molecule has 1 aromatic heterocycles. The predicted octanol–water partition coefficient (Wildman–Crippen LogP) is 3.94. The van der Waals surface area contributed by atoms with Crippen molar-refractivity contribution in [2.24, 2.45) is 5.92 Å². The molecule has 0 bridgehead atoms. The molecule has 0 amide bonds. The van der Waals surface area contributed by atoms with Gasteiger partial charge in [0.2, 0.25) is 0 Å². The SMILES string of the molecule is FCC1CCCN(c2ncc(C(F)(F)F)cc2Cl)C1. The molecule has 0 spiro atoms. The van der Waals surface area contributed by atoms with Crippen LogP contribution in [-0.2, 0) is 6.18 Å². The van der Waals surface area contributed by atoms with Crippen LogP contribution in [0.2, 0.25) is 5.02 Å². The van der Waals surface area contributed by atoms with Crippen LogP contribution in [0.3, 0.4) is 0 Å². The van der Waals surface area contributed by atoms with Crippen LogP contribution in [0, 0.1) is 5.92 Å². The van der Waals surface area contributed by atoms with Crippen molar-refractivity contribution < 1.29 is 17.6 Å². The van der Waals surface area contributed by atoms with Gasteiger partial charge in [0.05, 0.1) is 17.3 Å². The van der Waals surface area contributed by atoms with Crippen molar-refractivity contribution in [3.63, 3.8) is 0 Å². The second-order valence-electron chi connectivity index (χ2n) is 4.64. The van der Waals surface area contributed by atoms with Crippen LogP contribution in [0.5, 0.6) is 0 Å². The molecule has 0 aliphatic carbocycles. The van der Waals surface area contributed by atoms with E-state index in [2.05, 4.69) is 4.98 Å². The average Bonchev–Trinajstić information content (AvgIpc) is 2.37. The number of rotatable bonds is 2. The van der Waals surface area contributed by atoms with Gasteiger partial charge < -0.3 is 4.90 Å². The van der Waals surface area contributed by atoms with Crippen molar-refractivity contribution >= 4 is 17.4 Å². The van der Waals surface area contributed by atoms with Crippen LogP contribution in [0.25, 0.3) is 0 Å². The number of piperidine rings is 1. The molecule has 1 atom stereocenters. The fraction of sp³-hybridized carbons (Fsp3) is 0.583. The van der Waals surface area contributed by atoms with Crippen molar-refractivity contribution in [3.05, 3.63) is 22.8 Å². The predicted molar refractivity (Wildman–Crippen MR) is 65.2 cm³/mol. The van der Waals surface area contributed by atoms with Gasteiger partial charge in [0.1, 0.15) is 5.82 Å². The maximum absolute atomic E-state index is 12.7. The molecular formula is C12H13ClF4N2. The molecule has 1 fully saturated rings. The Kier molecular flexibility index (Phi) is 4.18. The molecule has 1 aliphatic heterocycles. The molecule has 0 radical (unpaired) electrons. The lowest BCUT2D eigenvalue weighted by molar-refractivity contribution is -0.137. The first-order chi connectivity index (χ1) is 8.91. The molecule has 106 valence electrons. The third-order valence-electron chi connectivity index (χ3n) is 3.19. The van der Waals surface area contributed by atoms with E-state index in [4.69, 9.17) is 11.6 Å². The van der Waals surface area contributed by atoms with Crippen molar-refractivity contribution in [1.29, 1.82) is 0 Å². The first-order valence-electron chi connectivity index (χ1n) is 5.95. The van der Waals surface area contributed by atoms with Crippen LogP contribution in [0.15, 0.2) is 12.3 Å². The van der Waals surface area contributed by atoms with Gasteiger partial charge in [-0.05, 0) is 18.9 Å². The minimum absolute atomic E-state index is 0.0469. The standard InChI is InChI=1S/C12H13ClF4N2/c13-10-4-9(12(15,16)17)6-18-11(10)19-3-1-2-8(5-14)7-19/h4,6,8H,1-3,5,7H2. The van der Waals surface area contributed by atoms with E-state index in [-0.39, 0.29) is 10.9 Å². The summed E-state index contributed by atoms with van der Waals surface area (Å²) in [6.07, 6.45) is -2.13. The second-order valence-corrected chi connectivity index (χ2v) is 5.04. The Morgan fingerprint density at radius 3 is 2.74 bits per heavy atom. The van der Waals surface area contributed by atoms with E-state index in [1.54, 1.807) is 4.90 Å². The van der Waals surface area contributed by atoms with Crippen molar-refractivity contribution in [2.75, 3.05) is 24.7 Å². The smallest absolute Gasteiger partial charge is 0.355 e. The third-order valence-corrected chi connectivity index (χ3v) is 3.46. The minimum atomic E-state index is -4.46. The summed E-state index contributed by atoms with van der Waals surface area (Å²) in [5.41, 5.74) is -0.875. The van der Waals surface area contributed by atoms with Crippen LogP contribution >= 0.6 is 11.6 Å². The molecule has 1 aliphatic rings. The van der Waals surface area contributed by atoms with E-state index in [1.807, 2.05) is 0 Å². The minimum Gasteiger partial charge on any atom is -0.355 e. The lowest BCUT2D eigenvalue weighted by Gasteiger charge is -2.32. The van der Waals surface area contributed by atoms with Crippen LogP contribution in [-0.4, -0.2) is 24.7 Å². The van der Waals surface area contributed by atoms with Gasteiger partial charge in [-0.25, -0.2) is 4.98 Å². The topological polar surface area (TPSA) is 16.1 Å². The van der Waals surface area contributed by atoms with Gasteiger partial charge in [0.15, 0.2) is 0 Å². The summed E-state index contributed by atoms with van der Waals surface area (Å²) in [5.74, 6) is 0.196. The van der Waals surface area contributed by atoms with Crippen molar-refractivity contribution in [2.45, 2.75) is 19.0 Å². The molecule has 19 heavy (non-hydrogen) atoms. The molecule has 1 unspecified atom stereocenters. The number of alkyl halides is 4. The second kappa shape index (κ2) is 5.53. The molecule has 0 N–H and O–H groups in total. The van der Waals surface area contributed by atoms with Gasteiger partial charge in [0.25, 0.3) is 0 Å². The molecule has 2 heterocycles. The largest absolute Gasteiger partial charge is 0.417 e. The average molecular weight is 297 g/mol. The maximum atomic E-state index is 12.7. The number of aromatic nitrogens is 1. The van der Waals surface area contributed by atoms with Gasteiger partial charge in [-0.2, -0.15) is 13.2 Å². The van der Waals surface area contributed by atoms with E-state index < -0.39 is 18.4 Å². The molecule has 7 heteroatoms. The summed E-state index contributed by atoms with van der Waals surface area (Å²) in [7, 11) is 0. The quantitative estimate of drug-likeness (QED) is 0.769. The fourth-order valence-corrected chi connectivity index (χ4v) is 2.49. The lowest BCUT2D eigenvalue weighted by atomic mass is 9.99.